The second-order valence-electron chi connectivity index (χ2n) is 5.89. The predicted molar refractivity (Wildman–Crippen MR) is 90.1 cm³/mol. The molecule has 1 aromatic carbocycles. The van der Waals surface area contributed by atoms with Crippen molar-refractivity contribution in [1.82, 2.24) is 4.98 Å². The minimum atomic E-state index is -3.32. The van der Waals surface area contributed by atoms with Crippen molar-refractivity contribution in [1.29, 1.82) is 0 Å². The highest BCUT2D eigenvalue weighted by molar-refractivity contribution is 7.90. The number of anilines is 1. The molecule has 0 unspecified atom stereocenters. The van der Waals surface area contributed by atoms with E-state index in [4.69, 9.17) is 0 Å². The van der Waals surface area contributed by atoms with Gasteiger partial charge in [0, 0.05) is 18.5 Å². The molecule has 4 nitrogen and oxygen atoms in total. The Labute approximate surface area is 135 Å². The van der Waals surface area contributed by atoms with E-state index in [-0.39, 0.29) is 5.75 Å². The van der Waals surface area contributed by atoms with Crippen LogP contribution in [-0.4, -0.2) is 26.5 Å². The van der Waals surface area contributed by atoms with Crippen molar-refractivity contribution in [2.45, 2.75) is 30.4 Å². The maximum atomic E-state index is 12.4. The molecule has 1 fully saturated rings. The van der Waals surface area contributed by atoms with Crippen LogP contribution >= 0.6 is 11.3 Å². The van der Waals surface area contributed by atoms with Gasteiger partial charge in [-0.1, -0.05) is 25.1 Å². The molecule has 0 bridgehead atoms. The summed E-state index contributed by atoms with van der Waals surface area (Å²) in [6.45, 7) is 4.28. The second kappa shape index (κ2) is 6.38. The molecule has 1 aliphatic heterocycles. The third-order valence-corrected chi connectivity index (χ3v) is 6.52. The summed E-state index contributed by atoms with van der Waals surface area (Å²) >= 11 is 1.54. The van der Waals surface area contributed by atoms with Gasteiger partial charge in [-0.05, 0) is 30.9 Å². The predicted octanol–water partition coefficient (Wildman–Crippen LogP) is 3.35. The van der Waals surface area contributed by atoms with Gasteiger partial charge in [-0.25, -0.2) is 13.4 Å². The summed E-state index contributed by atoms with van der Waals surface area (Å²) in [5.41, 5.74) is 0.641. The maximum absolute atomic E-state index is 12.4. The first kappa shape index (κ1) is 15.5. The van der Waals surface area contributed by atoms with Gasteiger partial charge in [0.15, 0.2) is 15.0 Å². The maximum Gasteiger partial charge on any atom is 0.185 e. The van der Waals surface area contributed by atoms with Crippen LogP contribution in [0.3, 0.4) is 0 Å². The van der Waals surface area contributed by atoms with Crippen molar-refractivity contribution in [3.8, 4) is 0 Å². The van der Waals surface area contributed by atoms with Gasteiger partial charge in [0.05, 0.1) is 16.3 Å². The molecule has 1 aliphatic rings. The van der Waals surface area contributed by atoms with Crippen molar-refractivity contribution in [2.75, 3.05) is 18.0 Å². The number of rotatable bonds is 4. The first-order valence-corrected chi connectivity index (χ1v) is 10.0. The summed E-state index contributed by atoms with van der Waals surface area (Å²) in [5.74, 6) is 0.644. The van der Waals surface area contributed by atoms with E-state index in [0.29, 0.717) is 16.5 Å². The fourth-order valence-electron chi connectivity index (χ4n) is 2.78. The number of piperidine rings is 1. The van der Waals surface area contributed by atoms with Crippen LogP contribution < -0.4 is 4.90 Å². The Morgan fingerprint density at radius 3 is 2.82 bits per heavy atom. The van der Waals surface area contributed by atoms with Crippen molar-refractivity contribution >= 4 is 26.3 Å². The molecule has 0 saturated carbocycles. The molecular weight excluding hydrogens is 316 g/mol. The second-order valence-corrected chi connectivity index (χ2v) is 8.71. The summed E-state index contributed by atoms with van der Waals surface area (Å²) in [6, 6.07) is 8.57. The summed E-state index contributed by atoms with van der Waals surface area (Å²) in [6.07, 6.45) is 2.44. The number of sulfone groups is 1. The van der Waals surface area contributed by atoms with Crippen molar-refractivity contribution < 1.29 is 8.42 Å². The average molecular weight is 336 g/mol. The molecule has 22 heavy (non-hydrogen) atoms. The van der Waals surface area contributed by atoms with Crippen LogP contribution in [0.15, 0.2) is 40.6 Å². The number of thiazole rings is 1. The normalized spacial score (nSPS) is 19.3. The van der Waals surface area contributed by atoms with E-state index in [1.165, 1.54) is 12.8 Å². The van der Waals surface area contributed by atoms with E-state index in [9.17, 15) is 8.42 Å². The third kappa shape index (κ3) is 3.50. The Morgan fingerprint density at radius 1 is 1.32 bits per heavy atom. The molecule has 1 aromatic heterocycles. The minimum Gasteiger partial charge on any atom is -0.348 e. The fourth-order valence-corrected chi connectivity index (χ4v) is 5.02. The molecular formula is C16H20N2O2S2. The molecule has 6 heteroatoms. The van der Waals surface area contributed by atoms with Crippen molar-refractivity contribution in [3.63, 3.8) is 0 Å². The van der Waals surface area contributed by atoms with E-state index < -0.39 is 9.84 Å². The lowest BCUT2D eigenvalue weighted by Crippen LogP contribution is -2.34. The van der Waals surface area contributed by atoms with Gasteiger partial charge in [0.2, 0.25) is 0 Å². The highest BCUT2D eigenvalue weighted by atomic mass is 32.2. The smallest absolute Gasteiger partial charge is 0.185 e. The van der Waals surface area contributed by atoms with Crippen LogP contribution in [0.2, 0.25) is 0 Å². The molecule has 0 amide bonds. The van der Waals surface area contributed by atoms with Crippen LogP contribution in [-0.2, 0) is 15.6 Å². The molecule has 2 heterocycles. The zero-order valence-corrected chi connectivity index (χ0v) is 14.2. The van der Waals surface area contributed by atoms with Gasteiger partial charge in [-0.15, -0.1) is 11.3 Å². The molecule has 2 aromatic rings. The van der Waals surface area contributed by atoms with E-state index >= 15 is 0 Å². The number of hydrogen-bond donors (Lipinski definition) is 0. The van der Waals surface area contributed by atoms with Crippen LogP contribution in [0.4, 0.5) is 5.13 Å². The first-order valence-electron chi connectivity index (χ1n) is 7.52. The minimum absolute atomic E-state index is 0.0308. The van der Waals surface area contributed by atoms with Gasteiger partial charge in [-0.2, -0.15) is 0 Å². The van der Waals surface area contributed by atoms with Crippen molar-refractivity contribution in [3.05, 3.63) is 41.4 Å². The van der Waals surface area contributed by atoms with Gasteiger partial charge < -0.3 is 4.90 Å². The molecule has 118 valence electrons. The van der Waals surface area contributed by atoms with Crippen LogP contribution in [0.1, 0.15) is 25.5 Å². The lowest BCUT2D eigenvalue weighted by Gasteiger charge is -2.30. The average Bonchev–Trinajstić information content (AvgIpc) is 2.96. The first-order chi connectivity index (χ1) is 10.5. The molecule has 0 spiro atoms. The van der Waals surface area contributed by atoms with E-state index in [1.54, 1.807) is 35.6 Å². The zero-order chi connectivity index (χ0) is 15.6. The standard InChI is InChI=1S/C16H20N2O2S2/c1-13-6-5-9-18(10-13)16-17-14(11-21-16)12-22(19,20)15-7-3-2-4-8-15/h2-4,7-8,11,13H,5-6,9-10,12H2,1H3/t13-/m0/s1. The van der Waals surface area contributed by atoms with Crippen LogP contribution in [0.25, 0.3) is 0 Å². The Morgan fingerprint density at radius 2 is 2.09 bits per heavy atom. The topological polar surface area (TPSA) is 50.3 Å². The fraction of sp³-hybridized carbons (Fsp3) is 0.438. The monoisotopic (exact) mass is 336 g/mol. The molecule has 3 rings (SSSR count). The summed E-state index contributed by atoms with van der Waals surface area (Å²) in [7, 11) is -3.32. The Hall–Kier alpha value is -1.40. The van der Waals surface area contributed by atoms with Crippen LogP contribution in [0.5, 0.6) is 0 Å². The Balaban J connectivity index is 1.74. The van der Waals surface area contributed by atoms with Gasteiger partial charge in [0.1, 0.15) is 0 Å². The molecule has 1 atom stereocenters. The summed E-state index contributed by atoms with van der Waals surface area (Å²) in [5, 5.41) is 2.82. The summed E-state index contributed by atoms with van der Waals surface area (Å²) in [4.78, 5) is 7.18. The lowest BCUT2D eigenvalue weighted by molar-refractivity contribution is 0.446. The molecule has 0 N–H and O–H groups in total. The highest BCUT2D eigenvalue weighted by Gasteiger charge is 2.21. The van der Waals surface area contributed by atoms with Gasteiger partial charge >= 0.3 is 0 Å². The quantitative estimate of drug-likeness (QED) is 0.859. The van der Waals surface area contributed by atoms with E-state index in [2.05, 4.69) is 16.8 Å². The molecule has 0 aliphatic carbocycles. The summed E-state index contributed by atoms with van der Waals surface area (Å²) < 4.78 is 24.8. The lowest BCUT2D eigenvalue weighted by atomic mass is 10.0. The number of nitrogens with zero attached hydrogens (tertiary/aromatic N) is 2. The zero-order valence-electron chi connectivity index (χ0n) is 12.6. The Kier molecular flexibility index (Phi) is 4.49. The Bertz CT molecular complexity index is 726. The van der Waals surface area contributed by atoms with E-state index in [0.717, 1.165) is 18.2 Å². The van der Waals surface area contributed by atoms with Gasteiger partial charge in [-0.3, -0.25) is 0 Å². The SMILES string of the molecule is C[C@H]1CCCN(c2nc(CS(=O)(=O)c3ccccc3)cs2)C1. The largest absolute Gasteiger partial charge is 0.348 e. The van der Waals surface area contributed by atoms with E-state index in [1.807, 2.05) is 11.4 Å². The molecule has 1 saturated heterocycles. The molecule has 0 radical (unpaired) electrons. The number of aromatic nitrogens is 1. The number of hydrogen-bond acceptors (Lipinski definition) is 5. The van der Waals surface area contributed by atoms with Gasteiger partial charge in [0.25, 0.3) is 0 Å². The van der Waals surface area contributed by atoms with Crippen LogP contribution in [0, 0.1) is 5.92 Å². The third-order valence-electron chi connectivity index (χ3n) is 3.91. The number of benzene rings is 1. The highest BCUT2D eigenvalue weighted by Crippen LogP contribution is 2.27. The van der Waals surface area contributed by atoms with Crippen molar-refractivity contribution in [2.24, 2.45) is 5.92 Å².